The first-order valence-electron chi connectivity index (χ1n) is 17.1. The standard InChI is InChI=1S/C47H30BrN3/c48-37-20-16-31(17-21-37)34-25-35(32-18-22-46-42(28-32)40-12-4-6-14-44(40)50(46)38-9-2-1-3-10-38)27-36(26-34)33-19-23-47-43(29-33)41-13-5-7-15-45(41)51(47)39-11-8-24-49-30-39/h1-30H. The zero-order chi connectivity index (χ0) is 33.9. The molecule has 10 rings (SSSR count). The number of fused-ring (bicyclic) bond motifs is 6. The van der Waals surface area contributed by atoms with Gasteiger partial charge in [0.15, 0.2) is 0 Å². The second-order valence-corrected chi connectivity index (χ2v) is 13.9. The van der Waals surface area contributed by atoms with Crippen molar-refractivity contribution < 1.29 is 0 Å². The fourth-order valence-electron chi connectivity index (χ4n) is 7.69. The van der Waals surface area contributed by atoms with Crippen LogP contribution >= 0.6 is 15.9 Å². The molecule has 10 aromatic rings. The lowest BCUT2D eigenvalue weighted by atomic mass is 9.92. The van der Waals surface area contributed by atoms with Crippen LogP contribution in [0.2, 0.25) is 0 Å². The highest BCUT2D eigenvalue weighted by atomic mass is 79.9. The molecule has 51 heavy (non-hydrogen) atoms. The van der Waals surface area contributed by atoms with E-state index < -0.39 is 0 Å². The van der Waals surface area contributed by atoms with Gasteiger partial charge in [0.2, 0.25) is 0 Å². The van der Waals surface area contributed by atoms with Crippen molar-refractivity contribution in [1.82, 2.24) is 14.1 Å². The lowest BCUT2D eigenvalue weighted by Crippen LogP contribution is -1.94. The highest BCUT2D eigenvalue weighted by Crippen LogP contribution is 2.40. The summed E-state index contributed by atoms with van der Waals surface area (Å²) in [6.45, 7) is 0. The Balaban J connectivity index is 1.18. The second-order valence-electron chi connectivity index (χ2n) is 13.0. The number of nitrogens with zero attached hydrogens (tertiary/aromatic N) is 3. The number of aromatic nitrogens is 3. The predicted molar refractivity (Wildman–Crippen MR) is 217 cm³/mol. The molecular weight excluding hydrogens is 686 g/mol. The van der Waals surface area contributed by atoms with Gasteiger partial charge < -0.3 is 9.13 Å². The van der Waals surface area contributed by atoms with Gasteiger partial charge in [-0.1, -0.05) is 94.8 Å². The van der Waals surface area contributed by atoms with Crippen molar-refractivity contribution in [2.45, 2.75) is 0 Å². The molecule has 0 amide bonds. The molecule has 0 aliphatic rings. The number of hydrogen-bond donors (Lipinski definition) is 0. The molecule has 7 aromatic carbocycles. The van der Waals surface area contributed by atoms with Gasteiger partial charge in [0, 0.05) is 37.9 Å². The van der Waals surface area contributed by atoms with Crippen LogP contribution in [0.4, 0.5) is 0 Å². The van der Waals surface area contributed by atoms with Crippen LogP contribution in [-0.4, -0.2) is 14.1 Å². The van der Waals surface area contributed by atoms with Crippen LogP contribution in [0.15, 0.2) is 187 Å². The number of para-hydroxylation sites is 3. The third-order valence-corrected chi connectivity index (χ3v) is 10.6. The Labute approximate surface area is 303 Å². The number of halogens is 1. The molecule has 0 saturated carbocycles. The first kappa shape index (κ1) is 29.7. The van der Waals surface area contributed by atoms with E-state index in [1.165, 1.54) is 71.5 Å². The summed E-state index contributed by atoms with van der Waals surface area (Å²) in [5.41, 5.74) is 14.0. The van der Waals surface area contributed by atoms with E-state index in [0.29, 0.717) is 0 Å². The first-order chi connectivity index (χ1) is 25.2. The summed E-state index contributed by atoms with van der Waals surface area (Å²) in [5.74, 6) is 0. The van der Waals surface area contributed by atoms with Crippen LogP contribution < -0.4 is 0 Å². The Bertz CT molecular complexity index is 2730. The summed E-state index contributed by atoms with van der Waals surface area (Å²) in [7, 11) is 0. The maximum atomic E-state index is 4.43. The van der Waals surface area contributed by atoms with Crippen LogP contribution in [0.5, 0.6) is 0 Å². The molecule has 0 aliphatic carbocycles. The molecule has 0 aliphatic heterocycles. The summed E-state index contributed by atoms with van der Waals surface area (Å²) in [6.07, 6.45) is 3.76. The van der Waals surface area contributed by atoms with Crippen LogP contribution in [0.3, 0.4) is 0 Å². The van der Waals surface area contributed by atoms with Gasteiger partial charge in [0.25, 0.3) is 0 Å². The molecule has 240 valence electrons. The third-order valence-electron chi connectivity index (χ3n) is 10.0. The van der Waals surface area contributed by atoms with Gasteiger partial charge in [-0.25, -0.2) is 0 Å². The van der Waals surface area contributed by atoms with Gasteiger partial charge in [-0.2, -0.15) is 0 Å². The Hall–Kier alpha value is -6.23. The number of rotatable bonds is 5. The van der Waals surface area contributed by atoms with E-state index in [4.69, 9.17) is 0 Å². The molecule has 0 spiro atoms. The van der Waals surface area contributed by atoms with Crippen LogP contribution in [0.1, 0.15) is 0 Å². The summed E-state index contributed by atoms with van der Waals surface area (Å²) in [6, 6.07) is 61.5. The number of hydrogen-bond acceptors (Lipinski definition) is 1. The summed E-state index contributed by atoms with van der Waals surface area (Å²) < 4.78 is 5.75. The van der Waals surface area contributed by atoms with Gasteiger partial charge in [0.05, 0.1) is 34.0 Å². The lowest BCUT2D eigenvalue weighted by molar-refractivity contribution is 1.14. The topological polar surface area (TPSA) is 22.8 Å². The van der Waals surface area contributed by atoms with Crippen molar-refractivity contribution >= 4 is 59.5 Å². The van der Waals surface area contributed by atoms with Crippen molar-refractivity contribution in [2.24, 2.45) is 0 Å². The Kier molecular flexibility index (Phi) is 6.97. The molecule has 0 fully saturated rings. The van der Waals surface area contributed by atoms with Crippen molar-refractivity contribution in [1.29, 1.82) is 0 Å². The fourth-order valence-corrected chi connectivity index (χ4v) is 7.96. The van der Waals surface area contributed by atoms with Crippen molar-refractivity contribution in [3.63, 3.8) is 0 Å². The molecule has 3 aromatic heterocycles. The molecular formula is C47H30BrN3. The van der Waals surface area contributed by atoms with E-state index in [9.17, 15) is 0 Å². The molecule has 0 radical (unpaired) electrons. The van der Waals surface area contributed by atoms with E-state index in [-0.39, 0.29) is 0 Å². The number of benzene rings is 7. The highest BCUT2D eigenvalue weighted by molar-refractivity contribution is 9.10. The maximum Gasteiger partial charge on any atom is 0.0645 e. The summed E-state index contributed by atoms with van der Waals surface area (Å²) >= 11 is 3.64. The van der Waals surface area contributed by atoms with E-state index in [1.807, 2.05) is 18.5 Å². The molecule has 0 bridgehead atoms. The lowest BCUT2D eigenvalue weighted by Gasteiger charge is -2.13. The van der Waals surface area contributed by atoms with Crippen LogP contribution in [0.25, 0.3) is 88.4 Å². The Morgan fingerprint density at radius 3 is 1.39 bits per heavy atom. The Morgan fingerprint density at radius 1 is 0.353 bits per heavy atom. The molecule has 4 heteroatoms. The monoisotopic (exact) mass is 715 g/mol. The zero-order valence-corrected chi connectivity index (χ0v) is 29.1. The van der Waals surface area contributed by atoms with Gasteiger partial charge in [-0.3, -0.25) is 4.98 Å². The molecule has 0 saturated heterocycles. The fraction of sp³-hybridized carbons (Fsp3) is 0. The number of pyridine rings is 1. The van der Waals surface area contributed by atoms with E-state index in [0.717, 1.165) is 21.4 Å². The minimum atomic E-state index is 1.06. The molecule has 3 heterocycles. The quantitative estimate of drug-likeness (QED) is 0.174. The van der Waals surface area contributed by atoms with Gasteiger partial charge in [-0.05, 0) is 124 Å². The third kappa shape index (κ3) is 4.99. The van der Waals surface area contributed by atoms with Gasteiger partial charge in [-0.15, -0.1) is 0 Å². The minimum Gasteiger partial charge on any atom is -0.309 e. The van der Waals surface area contributed by atoms with Crippen LogP contribution in [0, 0.1) is 0 Å². The van der Waals surface area contributed by atoms with E-state index in [1.54, 1.807) is 0 Å². The maximum absolute atomic E-state index is 4.43. The van der Waals surface area contributed by atoms with Gasteiger partial charge >= 0.3 is 0 Å². The SMILES string of the molecule is Brc1ccc(-c2cc(-c3ccc4c(c3)c3ccccc3n4-c3ccccc3)cc(-c3ccc4c(c3)c3ccccc3n4-c3cccnc3)c2)cc1. The average Bonchev–Trinajstić information content (AvgIpc) is 3.71. The molecule has 0 atom stereocenters. The molecule has 3 nitrogen and oxygen atoms in total. The molecule has 0 unspecified atom stereocenters. The smallest absolute Gasteiger partial charge is 0.0645 e. The van der Waals surface area contributed by atoms with Crippen molar-refractivity contribution in [3.8, 4) is 44.8 Å². The zero-order valence-electron chi connectivity index (χ0n) is 27.5. The van der Waals surface area contributed by atoms with Crippen molar-refractivity contribution in [3.05, 3.63) is 187 Å². The summed E-state index contributed by atoms with van der Waals surface area (Å²) in [4.78, 5) is 4.43. The highest BCUT2D eigenvalue weighted by Gasteiger charge is 2.16. The molecule has 0 N–H and O–H groups in total. The van der Waals surface area contributed by atoms with E-state index >= 15 is 0 Å². The normalized spacial score (nSPS) is 11.6. The predicted octanol–water partition coefficient (Wildman–Crippen LogP) is 13.0. The van der Waals surface area contributed by atoms with E-state index in [2.05, 4.69) is 194 Å². The minimum absolute atomic E-state index is 1.06. The van der Waals surface area contributed by atoms with Crippen LogP contribution in [-0.2, 0) is 0 Å². The first-order valence-corrected chi connectivity index (χ1v) is 17.9. The average molecular weight is 717 g/mol. The summed E-state index contributed by atoms with van der Waals surface area (Å²) in [5, 5.41) is 4.94. The van der Waals surface area contributed by atoms with Gasteiger partial charge in [0.1, 0.15) is 0 Å². The van der Waals surface area contributed by atoms with Crippen molar-refractivity contribution in [2.75, 3.05) is 0 Å². The second kappa shape index (κ2) is 12.0. The largest absolute Gasteiger partial charge is 0.309 e. The Morgan fingerprint density at radius 2 is 0.824 bits per heavy atom.